The molecule has 1 unspecified atom stereocenters. The van der Waals surface area contributed by atoms with E-state index in [4.69, 9.17) is 9.26 Å². The Morgan fingerprint density at radius 3 is 2.71 bits per heavy atom. The molecule has 144 valence electrons. The van der Waals surface area contributed by atoms with Crippen molar-refractivity contribution in [2.75, 3.05) is 18.1 Å². The predicted molar refractivity (Wildman–Crippen MR) is 107 cm³/mol. The van der Waals surface area contributed by atoms with Gasteiger partial charge < -0.3 is 14.2 Å². The van der Waals surface area contributed by atoms with Crippen molar-refractivity contribution in [2.24, 2.45) is 0 Å². The molecule has 0 radical (unpaired) electrons. The molecule has 0 saturated carbocycles. The van der Waals surface area contributed by atoms with E-state index in [1.54, 1.807) is 0 Å². The fourth-order valence-corrected chi connectivity index (χ4v) is 3.64. The molecule has 4 rings (SSSR count). The van der Waals surface area contributed by atoms with Gasteiger partial charge in [-0.2, -0.15) is 4.98 Å². The van der Waals surface area contributed by atoms with E-state index in [0.717, 1.165) is 28.1 Å². The summed E-state index contributed by atoms with van der Waals surface area (Å²) in [5.74, 6) is 1.74. The number of hydrogen-bond acceptors (Lipinski definition) is 5. The van der Waals surface area contributed by atoms with E-state index >= 15 is 0 Å². The zero-order valence-electron chi connectivity index (χ0n) is 16.3. The van der Waals surface area contributed by atoms with E-state index in [0.29, 0.717) is 31.3 Å². The van der Waals surface area contributed by atoms with Crippen molar-refractivity contribution in [3.8, 4) is 17.1 Å². The third-order valence-corrected chi connectivity index (χ3v) is 4.84. The molecule has 0 spiro atoms. The van der Waals surface area contributed by atoms with Gasteiger partial charge in [-0.25, -0.2) is 0 Å². The van der Waals surface area contributed by atoms with Crippen LogP contribution in [0.15, 0.2) is 47.0 Å². The molecule has 1 aromatic heterocycles. The minimum absolute atomic E-state index is 0.0769. The zero-order valence-corrected chi connectivity index (χ0v) is 16.3. The lowest BCUT2D eigenvalue weighted by molar-refractivity contribution is -0.117. The van der Waals surface area contributed by atoms with Crippen LogP contribution in [0.25, 0.3) is 11.4 Å². The largest absolute Gasteiger partial charge is 0.494 e. The number of nitrogens with zero attached hydrogens (tertiary/aromatic N) is 3. The fourth-order valence-electron chi connectivity index (χ4n) is 3.64. The van der Waals surface area contributed by atoms with Crippen molar-refractivity contribution in [2.45, 2.75) is 33.1 Å². The number of benzene rings is 2. The number of aromatic nitrogens is 2. The van der Waals surface area contributed by atoms with Crippen LogP contribution in [0.2, 0.25) is 0 Å². The first-order chi connectivity index (χ1) is 13.5. The van der Waals surface area contributed by atoms with E-state index in [1.165, 1.54) is 0 Å². The summed E-state index contributed by atoms with van der Waals surface area (Å²) in [6, 6.07) is 13.8. The van der Waals surface area contributed by atoms with Gasteiger partial charge in [0.05, 0.1) is 12.5 Å². The number of hydrogen-bond donors (Lipinski definition) is 0. The maximum Gasteiger partial charge on any atom is 0.232 e. The monoisotopic (exact) mass is 377 g/mol. The van der Waals surface area contributed by atoms with Gasteiger partial charge in [-0.1, -0.05) is 23.4 Å². The molecule has 2 heterocycles. The molecule has 1 fully saturated rings. The van der Waals surface area contributed by atoms with E-state index in [-0.39, 0.29) is 11.8 Å². The maximum atomic E-state index is 12.6. The third kappa shape index (κ3) is 3.63. The molecular formula is C22H23N3O3. The van der Waals surface area contributed by atoms with Gasteiger partial charge in [0.2, 0.25) is 17.6 Å². The van der Waals surface area contributed by atoms with Gasteiger partial charge in [0, 0.05) is 24.2 Å². The highest BCUT2D eigenvalue weighted by atomic mass is 16.5. The number of ether oxygens (including phenoxy) is 1. The van der Waals surface area contributed by atoms with E-state index in [2.05, 4.69) is 16.2 Å². The number of anilines is 1. The van der Waals surface area contributed by atoms with Crippen LogP contribution in [0.5, 0.6) is 5.75 Å². The van der Waals surface area contributed by atoms with Crippen molar-refractivity contribution in [3.63, 3.8) is 0 Å². The molecule has 0 aliphatic carbocycles. The molecule has 6 heteroatoms. The topological polar surface area (TPSA) is 68.5 Å². The van der Waals surface area contributed by atoms with Crippen LogP contribution in [-0.4, -0.2) is 29.2 Å². The summed E-state index contributed by atoms with van der Waals surface area (Å²) in [6.07, 6.45) is 0.369. The average molecular weight is 377 g/mol. The standard InChI is InChI=1S/C22H23N3O3/c1-4-27-19-7-5-6-16(11-19)21-23-22(28-24-21)17-12-20(26)25(13-17)18-9-14(2)8-15(3)10-18/h5-11,17H,4,12-13H2,1-3H3. The van der Waals surface area contributed by atoms with Crippen molar-refractivity contribution >= 4 is 11.6 Å². The second-order valence-electron chi connectivity index (χ2n) is 7.17. The van der Waals surface area contributed by atoms with Gasteiger partial charge in [0.1, 0.15) is 5.75 Å². The molecule has 0 bridgehead atoms. The number of aryl methyl sites for hydroxylation is 2. The quantitative estimate of drug-likeness (QED) is 0.664. The van der Waals surface area contributed by atoms with Gasteiger partial charge in [-0.05, 0) is 56.2 Å². The van der Waals surface area contributed by atoms with E-state index < -0.39 is 0 Å². The molecule has 28 heavy (non-hydrogen) atoms. The first-order valence-corrected chi connectivity index (χ1v) is 9.49. The lowest BCUT2D eigenvalue weighted by Gasteiger charge is -2.17. The van der Waals surface area contributed by atoms with Crippen molar-refractivity contribution < 1.29 is 14.1 Å². The second kappa shape index (κ2) is 7.46. The Morgan fingerprint density at radius 2 is 1.96 bits per heavy atom. The Kier molecular flexibility index (Phi) is 4.86. The van der Waals surface area contributed by atoms with Crippen LogP contribution in [-0.2, 0) is 4.79 Å². The number of rotatable bonds is 5. The normalized spacial score (nSPS) is 16.6. The van der Waals surface area contributed by atoms with Crippen LogP contribution in [0.1, 0.15) is 36.3 Å². The Labute approximate surface area is 164 Å². The highest BCUT2D eigenvalue weighted by molar-refractivity contribution is 5.96. The SMILES string of the molecule is CCOc1cccc(-c2noc(C3CC(=O)N(c4cc(C)cc(C)c4)C3)n2)c1. The average Bonchev–Trinajstić information content (AvgIpc) is 3.28. The Morgan fingerprint density at radius 1 is 1.18 bits per heavy atom. The number of carbonyl (C=O) groups is 1. The highest BCUT2D eigenvalue weighted by Gasteiger charge is 2.35. The highest BCUT2D eigenvalue weighted by Crippen LogP contribution is 2.33. The lowest BCUT2D eigenvalue weighted by atomic mass is 10.1. The third-order valence-electron chi connectivity index (χ3n) is 4.84. The molecular weight excluding hydrogens is 354 g/mol. The van der Waals surface area contributed by atoms with Gasteiger partial charge >= 0.3 is 0 Å². The summed E-state index contributed by atoms with van der Waals surface area (Å²) >= 11 is 0. The van der Waals surface area contributed by atoms with Crippen LogP contribution in [0.3, 0.4) is 0 Å². The molecule has 6 nitrogen and oxygen atoms in total. The summed E-state index contributed by atoms with van der Waals surface area (Å²) < 4.78 is 11.0. The van der Waals surface area contributed by atoms with Crippen LogP contribution in [0, 0.1) is 13.8 Å². The Hall–Kier alpha value is -3.15. The van der Waals surface area contributed by atoms with Gasteiger partial charge in [-0.3, -0.25) is 4.79 Å². The van der Waals surface area contributed by atoms with Crippen LogP contribution < -0.4 is 9.64 Å². The Bertz CT molecular complexity index is 992. The maximum absolute atomic E-state index is 12.6. The molecule has 0 N–H and O–H groups in total. The first kappa shape index (κ1) is 18.2. The van der Waals surface area contributed by atoms with Crippen molar-refractivity contribution in [3.05, 3.63) is 59.5 Å². The summed E-state index contributed by atoms with van der Waals surface area (Å²) in [5, 5.41) is 4.11. The molecule has 3 aromatic rings. The number of amides is 1. The van der Waals surface area contributed by atoms with E-state index in [9.17, 15) is 4.79 Å². The summed E-state index contributed by atoms with van der Waals surface area (Å²) in [7, 11) is 0. The van der Waals surface area contributed by atoms with Crippen LogP contribution >= 0.6 is 0 Å². The fraction of sp³-hybridized carbons (Fsp3) is 0.318. The molecule has 1 saturated heterocycles. The second-order valence-corrected chi connectivity index (χ2v) is 7.17. The van der Waals surface area contributed by atoms with Crippen molar-refractivity contribution in [1.29, 1.82) is 0 Å². The van der Waals surface area contributed by atoms with Crippen LogP contribution in [0.4, 0.5) is 5.69 Å². The van der Waals surface area contributed by atoms with Gasteiger partial charge in [-0.15, -0.1) is 0 Å². The molecule has 1 atom stereocenters. The predicted octanol–water partition coefficient (Wildman–Crippen LogP) is 4.27. The number of carbonyl (C=O) groups excluding carboxylic acids is 1. The lowest BCUT2D eigenvalue weighted by Crippen LogP contribution is -2.24. The minimum atomic E-state index is -0.107. The van der Waals surface area contributed by atoms with E-state index in [1.807, 2.05) is 62.1 Å². The van der Waals surface area contributed by atoms with Crippen molar-refractivity contribution in [1.82, 2.24) is 10.1 Å². The first-order valence-electron chi connectivity index (χ1n) is 9.49. The van der Waals surface area contributed by atoms with Gasteiger partial charge in [0.25, 0.3) is 0 Å². The molecule has 1 aliphatic heterocycles. The zero-order chi connectivity index (χ0) is 19.7. The molecule has 2 aromatic carbocycles. The Balaban J connectivity index is 1.55. The van der Waals surface area contributed by atoms with Gasteiger partial charge in [0.15, 0.2) is 0 Å². The summed E-state index contributed by atoms with van der Waals surface area (Å²) in [6.45, 7) is 7.16. The smallest absolute Gasteiger partial charge is 0.232 e. The molecule has 1 amide bonds. The minimum Gasteiger partial charge on any atom is -0.494 e. The molecule has 1 aliphatic rings. The summed E-state index contributed by atoms with van der Waals surface area (Å²) in [4.78, 5) is 19.0. The summed E-state index contributed by atoms with van der Waals surface area (Å²) in [5.41, 5.74) is 4.03.